The largest absolute Gasteiger partial charge is 0.359 e. The minimum atomic E-state index is -1.01. The Morgan fingerprint density at radius 1 is 1.29 bits per heavy atom. The van der Waals surface area contributed by atoms with Crippen LogP contribution < -0.4 is 10.6 Å². The normalized spacial score (nSPS) is 14.0. The third-order valence-corrected chi connectivity index (χ3v) is 3.90. The van der Waals surface area contributed by atoms with Gasteiger partial charge in [-0.2, -0.15) is 0 Å². The Balaban J connectivity index is 5.27. The van der Waals surface area contributed by atoms with E-state index in [1.807, 2.05) is 6.92 Å². The summed E-state index contributed by atoms with van der Waals surface area (Å²) in [5, 5.41) is 5.45. The highest BCUT2D eigenvalue weighted by atomic mass is 16.2. The molecule has 0 aromatic carbocycles. The van der Waals surface area contributed by atoms with Crippen molar-refractivity contribution in [1.29, 1.82) is 0 Å². The molecule has 24 heavy (non-hydrogen) atoms. The number of nitrogens with zero attached hydrogens (tertiary/aromatic N) is 1. The number of rotatable bonds is 10. The molecule has 0 aliphatic heterocycles. The van der Waals surface area contributed by atoms with Gasteiger partial charge < -0.3 is 15.4 Å². The maximum atomic E-state index is 12.6. The number of carbonyl (C=O) groups excluding carboxylic acids is 4. The van der Waals surface area contributed by atoms with Gasteiger partial charge in [0.25, 0.3) is 5.91 Å². The molecule has 0 aliphatic rings. The summed E-state index contributed by atoms with van der Waals surface area (Å²) >= 11 is 0. The molecule has 0 saturated heterocycles. The van der Waals surface area contributed by atoms with E-state index >= 15 is 0 Å². The fourth-order valence-corrected chi connectivity index (χ4v) is 2.14. The average Bonchev–Trinajstić information content (AvgIpc) is 2.56. The van der Waals surface area contributed by atoms with Crippen LogP contribution >= 0.6 is 0 Å². The molecule has 2 N–H and O–H groups in total. The van der Waals surface area contributed by atoms with Crippen LogP contribution in [0.2, 0.25) is 0 Å². The Kier molecular flexibility index (Phi) is 8.84. The number of hydrogen-bond acceptors (Lipinski definition) is 5. The van der Waals surface area contributed by atoms with Crippen molar-refractivity contribution in [2.45, 2.75) is 44.7 Å². The Morgan fingerprint density at radius 2 is 1.88 bits per heavy atom. The van der Waals surface area contributed by atoms with E-state index in [-0.39, 0.29) is 30.7 Å². The Morgan fingerprint density at radius 3 is 2.25 bits per heavy atom. The van der Waals surface area contributed by atoms with Crippen molar-refractivity contribution in [2.75, 3.05) is 14.1 Å². The first kappa shape index (κ1) is 21.7. The van der Waals surface area contributed by atoms with Crippen molar-refractivity contribution in [3.05, 3.63) is 24.8 Å². The highest BCUT2D eigenvalue weighted by Gasteiger charge is 2.31. The zero-order chi connectivity index (χ0) is 18.9. The Hall–Kier alpha value is -2.28. The van der Waals surface area contributed by atoms with E-state index < -0.39 is 23.4 Å². The quantitative estimate of drug-likeness (QED) is 0.345. The molecule has 7 nitrogen and oxygen atoms in total. The fourth-order valence-electron chi connectivity index (χ4n) is 2.14. The van der Waals surface area contributed by atoms with Crippen LogP contribution in [-0.4, -0.2) is 54.6 Å². The van der Waals surface area contributed by atoms with E-state index in [4.69, 9.17) is 0 Å². The monoisotopic (exact) mass is 337 g/mol. The van der Waals surface area contributed by atoms with Crippen LogP contribution in [0.25, 0.3) is 0 Å². The topological polar surface area (TPSA) is 95.6 Å². The first-order valence-corrected chi connectivity index (χ1v) is 7.66. The second-order valence-corrected chi connectivity index (χ2v) is 5.76. The van der Waals surface area contributed by atoms with E-state index in [9.17, 15) is 19.2 Å². The van der Waals surface area contributed by atoms with E-state index in [1.54, 1.807) is 13.1 Å². The van der Waals surface area contributed by atoms with Crippen molar-refractivity contribution >= 4 is 24.0 Å². The second kappa shape index (κ2) is 9.77. The average molecular weight is 337 g/mol. The van der Waals surface area contributed by atoms with Crippen LogP contribution in [-0.2, 0) is 19.2 Å². The van der Waals surface area contributed by atoms with E-state index in [1.165, 1.54) is 14.0 Å². The molecule has 0 aromatic heterocycles. The minimum absolute atomic E-state index is 0.0321. The van der Waals surface area contributed by atoms with E-state index in [0.29, 0.717) is 6.29 Å². The van der Waals surface area contributed by atoms with Crippen LogP contribution in [0.15, 0.2) is 24.8 Å². The van der Waals surface area contributed by atoms with E-state index in [2.05, 4.69) is 23.8 Å². The standard InChI is InChI=1S/C17H27N3O4/c1-7-17(4,19-6)10-12(2)16(24)20(13(3)22)14(11-21)8-9-15(23)18-5/h7,11,14,19H,1-2,8-10H2,3-6H3,(H,18,23). The van der Waals surface area contributed by atoms with Crippen molar-refractivity contribution in [3.8, 4) is 0 Å². The zero-order valence-electron chi connectivity index (χ0n) is 14.8. The number of likely N-dealkylation sites (N-methyl/N-ethyl adjacent to an activating group) is 1. The van der Waals surface area contributed by atoms with Crippen molar-refractivity contribution in [2.24, 2.45) is 0 Å². The molecule has 134 valence electrons. The molecular formula is C17H27N3O4. The predicted molar refractivity (Wildman–Crippen MR) is 92.1 cm³/mol. The molecule has 3 amide bonds. The maximum absolute atomic E-state index is 12.6. The third-order valence-electron chi connectivity index (χ3n) is 3.90. The number of nitrogens with one attached hydrogen (secondary N) is 2. The summed E-state index contributed by atoms with van der Waals surface area (Å²) in [6.45, 7) is 10.5. The van der Waals surface area contributed by atoms with Gasteiger partial charge in [-0.15, -0.1) is 6.58 Å². The van der Waals surface area contributed by atoms with Crippen LogP contribution in [0, 0.1) is 0 Å². The number of amides is 3. The molecule has 7 heteroatoms. The first-order valence-electron chi connectivity index (χ1n) is 7.66. The van der Waals surface area contributed by atoms with E-state index in [0.717, 1.165) is 4.90 Å². The summed E-state index contributed by atoms with van der Waals surface area (Å²) in [7, 11) is 3.20. The van der Waals surface area contributed by atoms with Gasteiger partial charge in [0, 0.05) is 31.5 Å². The van der Waals surface area contributed by atoms with Gasteiger partial charge in [0.1, 0.15) is 6.29 Å². The van der Waals surface area contributed by atoms with Crippen LogP contribution in [0.4, 0.5) is 0 Å². The van der Waals surface area contributed by atoms with Gasteiger partial charge in [-0.1, -0.05) is 12.7 Å². The van der Waals surface area contributed by atoms with Gasteiger partial charge in [0.2, 0.25) is 11.8 Å². The van der Waals surface area contributed by atoms with Crippen LogP contribution in [0.5, 0.6) is 0 Å². The number of imide groups is 1. The molecule has 0 saturated carbocycles. The molecule has 0 bridgehead atoms. The summed E-state index contributed by atoms with van der Waals surface area (Å²) in [6.07, 6.45) is 2.47. The third kappa shape index (κ3) is 6.08. The lowest BCUT2D eigenvalue weighted by Gasteiger charge is -2.30. The number of carbonyl (C=O) groups is 4. The van der Waals surface area contributed by atoms with Gasteiger partial charge in [-0.3, -0.25) is 19.3 Å². The molecule has 0 spiro atoms. The fraction of sp³-hybridized carbons (Fsp3) is 0.529. The molecule has 2 unspecified atom stereocenters. The smallest absolute Gasteiger partial charge is 0.256 e. The zero-order valence-corrected chi connectivity index (χ0v) is 14.8. The summed E-state index contributed by atoms with van der Waals surface area (Å²) < 4.78 is 0. The maximum Gasteiger partial charge on any atom is 0.256 e. The van der Waals surface area contributed by atoms with Crippen molar-refractivity contribution in [1.82, 2.24) is 15.5 Å². The molecule has 0 rings (SSSR count). The van der Waals surface area contributed by atoms with Gasteiger partial charge >= 0.3 is 0 Å². The highest BCUT2D eigenvalue weighted by Crippen LogP contribution is 2.19. The van der Waals surface area contributed by atoms with Crippen molar-refractivity contribution < 1.29 is 19.2 Å². The molecule has 0 heterocycles. The van der Waals surface area contributed by atoms with Crippen molar-refractivity contribution in [3.63, 3.8) is 0 Å². The lowest BCUT2D eigenvalue weighted by atomic mass is 9.92. The lowest BCUT2D eigenvalue weighted by Crippen LogP contribution is -2.47. The number of aldehydes is 1. The minimum Gasteiger partial charge on any atom is -0.359 e. The molecule has 0 fully saturated rings. The summed E-state index contributed by atoms with van der Waals surface area (Å²) in [5.41, 5.74) is -0.387. The first-order chi connectivity index (χ1) is 11.2. The Labute approximate surface area is 143 Å². The number of hydrogen-bond donors (Lipinski definition) is 2. The van der Waals surface area contributed by atoms with Gasteiger partial charge in [0.15, 0.2) is 0 Å². The summed E-state index contributed by atoms with van der Waals surface area (Å²) in [6, 6.07) is -1.01. The van der Waals surface area contributed by atoms with Crippen LogP contribution in [0.3, 0.4) is 0 Å². The lowest BCUT2D eigenvalue weighted by molar-refractivity contribution is -0.146. The SMILES string of the molecule is C=CC(C)(CC(=C)C(=O)N(C(C)=O)C(C=O)CCC(=O)NC)NC. The predicted octanol–water partition coefficient (Wildman–Crippen LogP) is 0.566. The molecule has 0 radical (unpaired) electrons. The molecule has 0 aromatic rings. The van der Waals surface area contributed by atoms with Gasteiger partial charge in [0.05, 0.1) is 6.04 Å². The Bertz CT molecular complexity index is 530. The highest BCUT2D eigenvalue weighted by molar-refractivity contribution is 6.05. The molecule has 0 aliphatic carbocycles. The van der Waals surface area contributed by atoms with Gasteiger partial charge in [-0.05, 0) is 26.8 Å². The molecule has 2 atom stereocenters. The van der Waals surface area contributed by atoms with Crippen LogP contribution in [0.1, 0.15) is 33.1 Å². The molecular weight excluding hydrogens is 310 g/mol. The summed E-state index contributed by atoms with van der Waals surface area (Å²) in [4.78, 5) is 48.0. The second-order valence-electron chi connectivity index (χ2n) is 5.76. The van der Waals surface area contributed by atoms with Gasteiger partial charge in [-0.25, -0.2) is 0 Å². The summed E-state index contributed by atoms with van der Waals surface area (Å²) in [5.74, 6) is -1.47.